The molecular formula is C41H49N11O4. The lowest BCUT2D eigenvalue weighted by atomic mass is 9.71. The number of rotatable bonds is 7. The quantitative estimate of drug-likeness (QED) is 0.219. The molecule has 4 aromatic heterocycles. The number of carbonyl (C=O) groups excluding carboxylic acids is 3. The van der Waals surface area contributed by atoms with Crippen LogP contribution >= 0.6 is 0 Å². The first-order valence-electron chi connectivity index (χ1n) is 19.9. The molecule has 7 heterocycles. The molecule has 3 aliphatic heterocycles. The summed E-state index contributed by atoms with van der Waals surface area (Å²) in [5.74, 6) is 0.388. The van der Waals surface area contributed by atoms with Gasteiger partial charge in [0.2, 0.25) is 17.8 Å². The predicted octanol–water partition coefficient (Wildman–Crippen LogP) is 4.90. The van der Waals surface area contributed by atoms with Crippen LogP contribution in [-0.2, 0) is 16.6 Å². The maximum atomic E-state index is 13.3. The van der Waals surface area contributed by atoms with Crippen LogP contribution in [-0.4, -0.2) is 91.5 Å². The third-order valence-electron chi connectivity index (χ3n) is 12.9. The number of piperidine rings is 3. The van der Waals surface area contributed by atoms with Gasteiger partial charge in [0.1, 0.15) is 23.2 Å². The van der Waals surface area contributed by atoms with Gasteiger partial charge in [-0.3, -0.25) is 28.8 Å². The first-order valence-corrected chi connectivity index (χ1v) is 19.9. The Hall–Kier alpha value is -5.73. The number of amides is 3. The number of carbonyl (C=O) groups is 3. The van der Waals surface area contributed by atoms with Crippen LogP contribution in [0, 0.1) is 5.41 Å². The lowest BCUT2D eigenvalue weighted by Gasteiger charge is -2.48. The van der Waals surface area contributed by atoms with Crippen LogP contribution in [0.1, 0.15) is 86.8 Å². The number of hydrogen-bond acceptors (Lipinski definition) is 10. The highest BCUT2D eigenvalue weighted by Crippen LogP contribution is 2.43. The highest BCUT2D eigenvalue weighted by Gasteiger charge is 2.38. The second kappa shape index (κ2) is 14.1. The SMILES string of the molecule is CN(C)C(=O)c1cc2cnc(Nc3ccc(N4CCC5(CC4)CCN(c4ccc6c(c4)n(C)c(=O)n6C4CCC(=O)NC4=O)CC5)cn3)nc2n1C1CCCC1. The van der Waals surface area contributed by atoms with E-state index in [0.29, 0.717) is 34.8 Å². The van der Waals surface area contributed by atoms with Crippen LogP contribution in [0.25, 0.3) is 22.1 Å². The van der Waals surface area contributed by atoms with Gasteiger partial charge in [0.05, 0.1) is 22.9 Å². The number of nitrogens with one attached hydrogen (secondary N) is 2. The summed E-state index contributed by atoms with van der Waals surface area (Å²) >= 11 is 0. The van der Waals surface area contributed by atoms with Crippen LogP contribution in [0.2, 0.25) is 0 Å². The van der Waals surface area contributed by atoms with Crippen molar-refractivity contribution in [2.24, 2.45) is 12.5 Å². The number of hydrogen-bond donors (Lipinski definition) is 2. The van der Waals surface area contributed by atoms with Crippen molar-refractivity contribution < 1.29 is 14.4 Å². The van der Waals surface area contributed by atoms with Crippen molar-refractivity contribution in [3.05, 3.63) is 65.0 Å². The maximum Gasteiger partial charge on any atom is 0.329 e. The van der Waals surface area contributed by atoms with E-state index in [2.05, 4.69) is 48.2 Å². The standard InChI is InChI=1S/C41H49N11O4/c1-47(2)38(55)33-22-26-24-43-39(46-36(26)51(33)27-6-4-5-7-27)44-34-12-9-29(25-42-34)50-20-16-41(17-21-50)14-18-49(19-15-41)28-8-10-30-32(23-28)48(3)40(56)52(30)31-11-13-35(53)45-37(31)54/h8-10,12,22-25,27,31H,4-7,11,13-21H2,1-3H3,(H,45,53,54)(H,42,43,44,46). The Bertz CT molecular complexity index is 2390. The van der Waals surface area contributed by atoms with E-state index in [1.165, 1.54) is 4.57 Å². The van der Waals surface area contributed by atoms with Gasteiger partial charge in [0.15, 0.2) is 0 Å². The molecule has 15 nitrogen and oxygen atoms in total. The van der Waals surface area contributed by atoms with Gasteiger partial charge >= 0.3 is 5.69 Å². The molecule has 0 radical (unpaired) electrons. The first-order chi connectivity index (χ1) is 27.1. The molecule has 15 heteroatoms. The second-order valence-corrected chi connectivity index (χ2v) is 16.4. The van der Waals surface area contributed by atoms with Gasteiger partial charge in [-0.25, -0.2) is 14.8 Å². The van der Waals surface area contributed by atoms with E-state index in [9.17, 15) is 19.2 Å². The van der Waals surface area contributed by atoms with E-state index in [0.717, 1.165) is 105 Å². The van der Waals surface area contributed by atoms with Crippen LogP contribution in [0.3, 0.4) is 0 Å². The number of benzene rings is 1. The number of aromatic nitrogens is 6. The average molecular weight is 760 g/mol. The lowest BCUT2D eigenvalue weighted by Crippen LogP contribution is -2.47. The molecule has 292 valence electrons. The van der Waals surface area contributed by atoms with Crippen molar-refractivity contribution in [2.45, 2.75) is 76.3 Å². The van der Waals surface area contributed by atoms with Gasteiger partial charge in [-0.1, -0.05) is 12.8 Å². The summed E-state index contributed by atoms with van der Waals surface area (Å²) < 4.78 is 5.27. The van der Waals surface area contributed by atoms with Gasteiger partial charge < -0.3 is 24.6 Å². The van der Waals surface area contributed by atoms with Crippen LogP contribution < -0.4 is 26.1 Å². The van der Waals surface area contributed by atoms with Crippen LogP contribution in [0.4, 0.5) is 23.1 Å². The lowest BCUT2D eigenvalue weighted by molar-refractivity contribution is -0.135. The molecule has 1 aromatic carbocycles. The van der Waals surface area contributed by atoms with Gasteiger partial charge in [-0.05, 0) is 86.8 Å². The Kier molecular flexibility index (Phi) is 9.04. The molecular weight excluding hydrogens is 711 g/mol. The van der Waals surface area contributed by atoms with Crippen molar-refractivity contribution in [2.75, 3.05) is 55.4 Å². The molecule has 4 aliphatic rings. The third-order valence-corrected chi connectivity index (χ3v) is 12.9. The molecule has 4 fully saturated rings. The van der Waals surface area contributed by atoms with Gasteiger partial charge in [0, 0.05) is 77.1 Å². The van der Waals surface area contributed by atoms with Crippen LogP contribution in [0.15, 0.2) is 53.6 Å². The number of nitrogens with zero attached hydrogens (tertiary/aromatic N) is 9. The molecule has 1 atom stereocenters. The highest BCUT2D eigenvalue weighted by atomic mass is 16.2. The number of imide groups is 1. The van der Waals surface area contributed by atoms with E-state index in [1.54, 1.807) is 36.8 Å². The van der Waals surface area contributed by atoms with E-state index in [4.69, 9.17) is 9.97 Å². The Balaban J connectivity index is 0.827. The number of fused-ring (bicyclic) bond motifs is 2. The van der Waals surface area contributed by atoms with E-state index in [1.807, 2.05) is 24.4 Å². The predicted molar refractivity (Wildman–Crippen MR) is 214 cm³/mol. The largest absolute Gasteiger partial charge is 0.371 e. The maximum absolute atomic E-state index is 13.3. The van der Waals surface area contributed by atoms with Crippen molar-refractivity contribution in [1.82, 2.24) is 38.9 Å². The van der Waals surface area contributed by atoms with Gasteiger partial charge in [0.25, 0.3) is 5.91 Å². The van der Waals surface area contributed by atoms with Crippen molar-refractivity contribution in [3.8, 4) is 0 Å². The van der Waals surface area contributed by atoms with E-state index >= 15 is 0 Å². The summed E-state index contributed by atoms with van der Waals surface area (Å²) in [6.07, 6.45) is 13.1. The molecule has 1 spiro atoms. The third kappa shape index (κ3) is 6.36. The minimum Gasteiger partial charge on any atom is -0.371 e. The number of pyridine rings is 1. The van der Waals surface area contributed by atoms with Crippen molar-refractivity contribution >= 4 is 62.9 Å². The molecule has 3 amide bonds. The molecule has 0 bridgehead atoms. The number of aryl methyl sites for hydroxylation is 1. The number of imidazole rings is 1. The smallest absolute Gasteiger partial charge is 0.329 e. The summed E-state index contributed by atoms with van der Waals surface area (Å²) in [5, 5.41) is 6.54. The number of anilines is 4. The van der Waals surface area contributed by atoms with Crippen LogP contribution in [0.5, 0.6) is 0 Å². The molecule has 3 saturated heterocycles. The zero-order valence-corrected chi connectivity index (χ0v) is 32.3. The van der Waals surface area contributed by atoms with Gasteiger partial charge in [-0.2, -0.15) is 4.98 Å². The molecule has 9 rings (SSSR count). The molecule has 1 saturated carbocycles. The fourth-order valence-electron chi connectivity index (χ4n) is 9.51. The minimum absolute atomic E-state index is 0.0265. The topological polar surface area (TPSA) is 156 Å². The second-order valence-electron chi connectivity index (χ2n) is 16.4. The first kappa shape index (κ1) is 35.9. The Labute approximate surface area is 324 Å². The molecule has 56 heavy (non-hydrogen) atoms. The normalized spacial score (nSPS) is 20.3. The highest BCUT2D eigenvalue weighted by molar-refractivity contribution is 6.00. The van der Waals surface area contributed by atoms with Crippen molar-refractivity contribution in [1.29, 1.82) is 0 Å². The Morgan fingerprint density at radius 2 is 1.54 bits per heavy atom. The Morgan fingerprint density at radius 3 is 2.20 bits per heavy atom. The van der Waals surface area contributed by atoms with Crippen molar-refractivity contribution in [3.63, 3.8) is 0 Å². The summed E-state index contributed by atoms with van der Waals surface area (Å²) in [6, 6.07) is 11.6. The summed E-state index contributed by atoms with van der Waals surface area (Å²) in [7, 11) is 5.30. The zero-order valence-electron chi connectivity index (χ0n) is 32.3. The summed E-state index contributed by atoms with van der Waals surface area (Å²) in [6.45, 7) is 3.84. The van der Waals surface area contributed by atoms with E-state index in [-0.39, 0.29) is 30.0 Å². The fourth-order valence-corrected chi connectivity index (χ4v) is 9.51. The fraction of sp³-hybridized carbons (Fsp3) is 0.488. The Morgan fingerprint density at radius 1 is 0.839 bits per heavy atom. The zero-order chi connectivity index (χ0) is 38.7. The molecule has 1 aliphatic carbocycles. The molecule has 2 N–H and O–H groups in total. The van der Waals surface area contributed by atoms with E-state index < -0.39 is 11.9 Å². The molecule has 1 unspecified atom stereocenters. The summed E-state index contributed by atoms with van der Waals surface area (Å²) in [5.41, 5.74) is 5.17. The molecule has 5 aromatic rings. The minimum atomic E-state index is -0.687. The average Bonchev–Trinajstić information content (AvgIpc) is 3.92. The summed E-state index contributed by atoms with van der Waals surface area (Å²) in [4.78, 5) is 71.3. The monoisotopic (exact) mass is 759 g/mol. The van der Waals surface area contributed by atoms with Gasteiger partial charge in [-0.15, -0.1) is 0 Å².